The van der Waals surface area contributed by atoms with Gasteiger partial charge in [0.05, 0.1) is 23.9 Å². The highest BCUT2D eigenvalue weighted by atomic mass is 32.2. The summed E-state index contributed by atoms with van der Waals surface area (Å²) >= 11 is 1.57. The van der Waals surface area contributed by atoms with Crippen LogP contribution >= 0.6 is 11.8 Å². The van der Waals surface area contributed by atoms with Gasteiger partial charge in [-0.15, -0.1) is 11.8 Å². The maximum Gasteiger partial charge on any atom is 0.227 e. The van der Waals surface area contributed by atoms with Crippen molar-refractivity contribution in [3.8, 4) is 5.88 Å². The summed E-state index contributed by atoms with van der Waals surface area (Å²) in [5, 5.41) is 0. The van der Waals surface area contributed by atoms with Crippen molar-refractivity contribution in [2.24, 2.45) is 0 Å². The molecule has 0 aromatic carbocycles. The van der Waals surface area contributed by atoms with Crippen molar-refractivity contribution in [1.82, 2.24) is 4.98 Å². The van der Waals surface area contributed by atoms with Crippen molar-refractivity contribution in [2.45, 2.75) is 4.90 Å². The molecule has 1 aromatic rings. The summed E-state index contributed by atoms with van der Waals surface area (Å²) in [6.45, 7) is 0. The van der Waals surface area contributed by atoms with Crippen LogP contribution in [0.5, 0.6) is 5.88 Å². The monoisotopic (exact) mass is 170 g/mol. The zero-order valence-corrected chi connectivity index (χ0v) is 7.31. The van der Waals surface area contributed by atoms with Gasteiger partial charge in [-0.1, -0.05) is 0 Å². The first-order valence-electron chi connectivity index (χ1n) is 3.11. The van der Waals surface area contributed by atoms with E-state index in [-0.39, 0.29) is 0 Å². The van der Waals surface area contributed by atoms with Crippen LogP contribution in [0.15, 0.2) is 17.2 Å². The number of pyridine rings is 1. The fourth-order valence-electron chi connectivity index (χ4n) is 0.747. The van der Waals surface area contributed by atoms with Crippen LogP contribution in [-0.4, -0.2) is 18.3 Å². The van der Waals surface area contributed by atoms with E-state index in [1.165, 1.54) is 0 Å². The van der Waals surface area contributed by atoms with Crippen LogP contribution in [0.25, 0.3) is 0 Å². The molecule has 11 heavy (non-hydrogen) atoms. The lowest BCUT2D eigenvalue weighted by atomic mass is 10.4. The molecule has 0 radical (unpaired) electrons. The average molecular weight is 170 g/mol. The third kappa shape index (κ3) is 1.77. The molecule has 60 valence electrons. The molecule has 0 aliphatic rings. The highest BCUT2D eigenvalue weighted by Gasteiger charge is 2.01. The largest absolute Gasteiger partial charge is 0.480 e. The highest BCUT2D eigenvalue weighted by Crippen LogP contribution is 2.26. The summed E-state index contributed by atoms with van der Waals surface area (Å²) in [6.07, 6.45) is 3.54. The molecule has 3 nitrogen and oxygen atoms in total. The van der Waals surface area contributed by atoms with E-state index >= 15 is 0 Å². The number of hydrogen-bond acceptors (Lipinski definition) is 4. The van der Waals surface area contributed by atoms with Crippen molar-refractivity contribution in [3.05, 3.63) is 12.3 Å². The van der Waals surface area contributed by atoms with E-state index in [2.05, 4.69) is 4.98 Å². The molecule has 0 atom stereocenters. The third-order valence-electron chi connectivity index (χ3n) is 1.25. The minimum atomic E-state index is 0.631. The van der Waals surface area contributed by atoms with Gasteiger partial charge in [-0.2, -0.15) is 0 Å². The first kappa shape index (κ1) is 8.20. The molecule has 0 unspecified atom stereocenters. The molecule has 2 N–H and O–H groups in total. The van der Waals surface area contributed by atoms with Gasteiger partial charge in [-0.25, -0.2) is 4.98 Å². The SMILES string of the molecule is COc1ncc(N)cc1SC. The second-order valence-electron chi connectivity index (χ2n) is 1.98. The second-order valence-corrected chi connectivity index (χ2v) is 2.83. The molecule has 1 rings (SSSR count). The van der Waals surface area contributed by atoms with Crippen LogP contribution in [0.4, 0.5) is 5.69 Å². The third-order valence-corrected chi connectivity index (χ3v) is 1.98. The van der Waals surface area contributed by atoms with Crippen LogP contribution in [0.2, 0.25) is 0 Å². The molecular weight excluding hydrogens is 160 g/mol. The Morgan fingerprint density at radius 3 is 2.91 bits per heavy atom. The van der Waals surface area contributed by atoms with Gasteiger partial charge in [0.25, 0.3) is 0 Å². The first-order valence-corrected chi connectivity index (χ1v) is 4.34. The smallest absolute Gasteiger partial charge is 0.227 e. The zero-order valence-electron chi connectivity index (χ0n) is 6.50. The predicted molar refractivity (Wildman–Crippen MR) is 47.0 cm³/mol. The number of hydrogen-bond donors (Lipinski definition) is 1. The Morgan fingerprint density at radius 2 is 2.36 bits per heavy atom. The lowest BCUT2D eigenvalue weighted by Gasteiger charge is -2.04. The van der Waals surface area contributed by atoms with E-state index in [0.717, 1.165) is 4.90 Å². The molecule has 1 heterocycles. The maximum absolute atomic E-state index is 5.53. The van der Waals surface area contributed by atoms with Gasteiger partial charge >= 0.3 is 0 Å². The van der Waals surface area contributed by atoms with Gasteiger partial charge in [0, 0.05) is 0 Å². The number of anilines is 1. The number of methoxy groups -OCH3 is 1. The Morgan fingerprint density at radius 1 is 1.64 bits per heavy atom. The van der Waals surface area contributed by atoms with Gasteiger partial charge in [0.1, 0.15) is 0 Å². The van der Waals surface area contributed by atoms with Crippen molar-refractivity contribution >= 4 is 17.4 Å². The number of thioether (sulfide) groups is 1. The van der Waals surface area contributed by atoms with Gasteiger partial charge in [-0.3, -0.25) is 0 Å². The summed E-state index contributed by atoms with van der Waals surface area (Å²) < 4.78 is 5.00. The summed E-state index contributed by atoms with van der Waals surface area (Å²) in [5.74, 6) is 0.631. The van der Waals surface area contributed by atoms with Crippen molar-refractivity contribution in [1.29, 1.82) is 0 Å². The van der Waals surface area contributed by atoms with E-state index < -0.39 is 0 Å². The number of nitrogen functional groups attached to an aromatic ring is 1. The lowest BCUT2D eigenvalue weighted by molar-refractivity contribution is 0.387. The number of aromatic nitrogens is 1. The lowest BCUT2D eigenvalue weighted by Crippen LogP contribution is -1.92. The molecule has 0 saturated heterocycles. The number of nitrogens with zero attached hydrogens (tertiary/aromatic N) is 1. The fourth-order valence-corrected chi connectivity index (χ4v) is 1.31. The Balaban J connectivity index is 3.06. The molecule has 4 heteroatoms. The molecule has 0 aliphatic heterocycles. The van der Waals surface area contributed by atoms with Crippen molar-refractivity contribution in [3.63, 3.8) is 0 Å². The van der Waals surface area contributed by atoms with E-state index in [1.807, 2.05) is 12.3 Å². The molecule has 0 bridgehead atoms. The Labute approximate surface area is 70.0 Å². The Hall–Kier alpha value is -0.900. The normalized spacial score (nSPS) is 9.64. The van der Waals surface area contributed by atoms with Gasteiger partial charge in [0.15, 0.2) is 0 Å². The van der Waals surface area contributed by atoms with Crippen LogP contribution in [0, 0.1) is 0 Å². The molecule has 1 aromatic heterocycles. The molecule has 0 aliphatic carbocycles. The maximum atomic E-state index is 5.53. The molecule has 0 amide bonds. The second kappa shape index (κ2) is 3.48. The predicted octanol–water partition coefficient (Wildman–Crippen LogP) is 1.39. The van der Waals surface area contributed by atoms with E-state index in [0.29, 0.717) is 11.6 Å². The molecular formula is C7H10N2OS. The van der Waals surface area contributed by atoms with Crippen LogP contribution in [-0.2, 0) is 0 Å². The van der Waals surface area contributed by atoms with Crippen molar-refractivity contribution < 1.29 is 4.74 Å². The van der Waals surface area contributed by atoms with Gasteiger partial charge in [-0.05, 0) is 12.3 Å². The summed E-state index contributed by atoms with van der Waals surface area (Å²) in [5.41, 5.74) is 6.19. The van der Waals surface area contributed by atoms with E-state index in [9.17, 15) is 0 Å². The molecule has 0 fully saturated rings. The number of rotatable bonds is 2. The number of nitrogens with two attached hydrogens (primary N) is 1. The topological polar surface area (TPSA) is 48.1 Å². The quantitative estimate of drug-likeness (QED) is 0.681. The fraction of sp³-hybridized carbons (Fsp3) is 0.286. The van der Waals surface area contributed by atoms with Crippen LogP contribution in [0.1, 0.15) is 0 Å². The van der Waals surface area contributed by atoms with E-state index in [4.69, 9.17) is 10.5 Å². The number of ether oxygens (including phenoxy) is 1. The molecule has 0 saturated carbocycles. The first-order chi connectivity index (χ1) is 5.27. The summed E-state index contributed by atoms with van der Waals surface area (Å²) in [4.78, 5) is 4.96. The Kier molecular flexibility index (Phi) is 2.59. The minimum absolute atomic E-state index is 0.631. The molecule has 0 spiro atoms. The van der Waals surface area contributed by atoms with Gasteiger partial charge < -0.3 is 10.5 Å². The summed E-state index contributed by atoms with van der Waals surface area (Å²) in [7, 11) is 1.60. The van der Waals surface area contributed by atoms with Crippen LogP contribution in [0.3, 0.4) is 0 Å². The van der Waals surface area contributed by atoms with Gasteiger partial charge in [0.2, 0.25) is 5.88 Å². The average Bonchev–Trinajstić information content (AvgIpc) is 2.04. The zero-order chi connectivity index (χ0) is 8.27. The van der Waals surface area contributed by atoms with Crippen LogP contribution < -0.4 is 10.5 Å². The standard InChI is InChI=1S/C7H10N2OS/c1-10-7-6(11-2)3-5(8)4-9-7/h3-4H,8H2,1-2H3. The minimum Gasteiger partial charge on any atom is -0.480 e. The van der Waals surface area contributed by atoms with Crippen molar-refractivity contribution in [2.75, 3.05) is 19.1 Å². The highest BCUT2D eigenvalue weighted by molar-refractivity contribution is 7.98. The van der Waals surface area contributed by atoms with E-state index in [1.54, 1.807) is 25.1 Å². The summed E-state index contributed by atoms with van der Waals surface area (Å²) in [6, 6.07) is 1.84. The Bertz CT molecular complexity index is 252.